The van der Waals surface area contributed by atoms with E-state index in [4.69, 9.17) is 9.47 Å². The van der Waals surface area contributed by atoms with Crippen molar-refractivity contribution in [2.75, 3.05) is 13.2 Å². The summed E-state index contributed by atoms with van der Waals surface area (Å²) < 4.78 is 56.3. The SMILES string of the molecule is Cc1cccnc1OCC(F)F.Cc1cccnc1OCC(F)F. The van der Waals surface area contributed by atoms with Gasteiger partial charge in [0.2, 0.25) is 11.8 Å². The molecule has 24 heavy (non-hydrogen) atoms. The number of alkyl halides is 4. The Morgan fingerprint density at radius 2 is 1.17 bits per heavy atom. The topological polar surface area (TPSA) is 44.2 Å². The predicted molar refractivity (Wildman–Crippen MR) is 80.9 cm³/mol. The third-order valence-corrected chi connectivity index (χ3v) is 2.61. The highest BCUT2D eigenvalue weighted by atomic mass is 19.3. The van der Waals surface area contributed by atoms with Crippen LogP contribution in [0.1, 0.15) is 11.1 Å². The van der Waals surface area contributed by atoms with Gasteiger partial charge in [0, 0.05) is 23.5 Å². The molecule has 0 radical (unpaired) electrons. The molecule has 132 valence electrons. The van der Waals surface area contributed by atoms with Gasteiger partial charge in [0.1, 0.15) is 0 Å². The number of aryl methyl sites for hydroxylation is 2. The molecule has 0 bridgehead atoms. The average Bonchev–Trinajstić information content (AvgIpc) is 2.54. The molecule has 8 heteroatoms. The van der Waals surface area contributed by atoms with Crippen molar-refractivity contribution in [1.82, 2.24) is 9.97 Å². The lowest BCUT2D eigenvalue weighted by atomic mass is 10.3. The van der Waals surface area contributed by atoms with Crippen LogP contribution < -0.4 is 9.47 Å². The van der Waals surface area contributed by atoms with Crippen LogP contribution >= 0.6 is 0 Å². The van der Waals surface area contributed by atoms with Crippen LogP contribution in [0.2, 0.25) is 0 Å². The number of nitrogens with zero attached hydrogens (tertiary/aromatic N) is 2. The van der Waals surface area contributed by atoms with E-state index in [1.54, 1.807) is 38.1 Å². The maximum absolute atomic E-state index is 11.7. The van der Waals surface area contributed by atoms with Crippen molar-refractivity contribution < 1.29 is 27.0 Å². The molecular weight excluding hydrogens is 328 g/mol. The fraction of sp³-hybridized carbons (Fsp3) is 0.375. The lowest BCUT2D eigenvalue weighted by Gasteiger charge is -2.05. The van der Waals surface area contributed by atoms with Gasteiger partial charge in [0.25, 0.3) is 12.9 Å². The fourth-order valence-electron chi connectivity index (χ4n) is 1.53. The maximum Gasteiger partial charge on any atom is 0.272 e. The summed E-state index contributed by atoms with van der Waals surface area (Å²) in [7, 11) is 0. The highest BCUT2D eigenvalue weighted by Gasteiger charge is 2.06. The van der Waals surface area contributed by atoms with E-state index >= 15 is 0 Å². The van der Waals surface area contributed by atoms with Crippen LogP contribution in [-0.2, 0) is 0 Å². The molecule has 0 unspecified atom stereocenters. The summed E-state index contributed by atoms with van der Waals surface area (Å²) in [6, 6.07) is 6.97. The molecule has 2 aromatic rings. The zero-order valence-corrected chi connectivity index (χ0v) is 13.3. The largest absolute Gasteiger partial charge is 0.471 e. The molecule has 0 saturated heterocycles. The van der Waals surface area contributed by atoms with E-state index in [-0.39, 0.29) is 11.8 Å². The first-order valence-electron chi connectivity index (χ1n) is 7.05. The molecule has 0 aliphatic heterocycles. The molecule has 2 heterocycles. The Hall–Kier alpha value is -2.38. The standard InChI is InChI=1S/2C8H9F2NO/c2*1-6-3-2-4-11-8(6)12-5-7(9)10/h2*2-4,7H,5H2,1H3. The quantitative estimate of drug-likeness (QED) is 0.740. The van der Waals surface area contributed by atoms with Gasteiger partial charge < -0.3 is 9.47 Å². The van der Waals surface area contributed by atoms with E-state index in [1.807, 2.05) is 0 Å². The van der Waals surface area contributed by atoms with Gasteiger partial charge in [0.05, 0.1) is 0 Å². The zero-order chi connectivity index (χ0) is 17.9. The second-order valence-corrected chi connectivity index (χ2v) is 4.66. The van der Waals surface area contributed by atoms with Gasteiger partial charge in [-0.25, -0.2) is 27.5 Å². The molecule has 0 saturated carbocycles. The van der Waals surface area contributed by atoms with Crippen LogP contribution in [0, 0.1) is 13.8 Å². The number of ether oxygens (including phenoxy) is 2. The lowest BCUT2D eigenvalue weighted by Crippen LogP contribution is -2.08. The minimum Gasteiger partial charge on any atom is -0.471 e. The molecule has 0 amide bonds. The minimum absolute atomic E-state index is 0.276. The molecule has 0 fully saturated rings. The van der Waals surface area contributed by atoms with Crippen molar-refractivity contribution in [2.45, 2.75) is 26.7 Å². The van der Waals surface area contributed by atoms with Crippen molar-refractivity contribution in [3.63, 3.8) is 0 Å². The Morgan fingerprint density at radius 1 is 0.792 bits per heavy atom. The van der Waals surface area contributed by atoms with E-state index < -0.39 is 26.1 Å². The monoisotopic (exact) mass is 346 g/mol. The Morgan fingerprint density at radius 3 is 1.46 bits per heavy atom. The van der Waals surface area contributed by atoms with E-state index in [2.05, 4.69) is 9.97 Å². The lowest BCUT2D eigenvalue weighted by molar-refractivity contribution is 0.0790. The summed E-state index contributed by atoms with van der Waals surface area (Å²) in [6.45, 7) is 2.32. The van der Waals surface area contributed by atoms with Gasteiger partial charge in [-0.05, 0) is 26.0 Å². The smallest absolute Gasteiger partial charge is 0.272 e. The summed E-state index contributed by atoms with van der Waals surface area (Å²) in [6.07, 6.45) is -1.89. The Balaban J connectivity index is 0.000000240. The van der Waals surface area contributed by atoms with Gasteiger partial charge >= 0.3 is 0 Å². The van der Waals surface area contributed by atoms with Crippen molar-refractivity contribution in [3.05, 3.63) is 47.8 Å². The molecule has 0 N–H and O–H groups in total. The number of pyridine rings is 2. The molecule has 2 aromatic heterocycles. The molecule has 0 aromatic carbocycles. The van der Waals surface area contributed by atoms with Gasteiger partial charge in [-0.2, -0.15) is 0 Å². The first-order chi connectivity index (χ1) is 11.4. The van der Waals surface area contributed by atoms with E-state index in [0.29, 0.717) is 0 Å². The fourth-order valence-corrected chi connectivity index (χ4v) is 1.53. The van der Waals surface area contributed by atoms with E-state index in [0.717, 1.165) is 11.1 Å². The third-order valence-electron chi connectivity index (χ3n) is 2.61. The molecular formula is C16H18F4N2O2. The first-order valence-corrected chi connectivity index (χ1v) is 7.05. The number of aromatic nitrogens is 2. The Bertz CT molecular complexity index is 559. The highest BCUT2D eigenvalue weighted by molar-refractivity contribution is 5.23. The number of hydrogen-bond acceptors (Lipinski definition) is 4. The van der Waals surface area contributed by atoms with E-state index in [1.165, 1.54) is 12.4 Å². The summed E-state index contributed by atoms with van der Waals surface area (Å²) in [5.41, 5.74) is 1.52. The third kappa shape index (κ3) is 7.75. The summed E-state index contributed by atoms with van der Waals surface area (Å²) in [4.78, 5) is 7.59. The van der Waals surface area contributed by atoms with Crippen LogP contribution in [0.3, 0.4) is 0 Å². The van der Waals surface area contributed by atoms with Crippen molar-refractivity contribution >= 4 is 0 Å². The van der Waals surface area contributed by atoms with Crippen molar-refractivity contribution in [3.8, 4) is 11.8 Å². The zero-order valence-electron chi connectivity index (χ0n) is 13.3. The highest BCUT2D eigenvalue weighted by Crippen LogP contribution is 2.13. The van der Waals surface area contributed by atoms with Crippen LogP contribution in [0.4, 0.5) is 17.6 Å². The summed E-state index contributed by atoms with van der Waals surface area (Å²) in [5.74, 6) is 0.551. The molecule has 2 rings (SSSR count). The van der Waals surface area contributed by atoms with E-state index in [9.17, 15) is 17.6 Å². The van der Waals surface area contributed by atoms with Gasteiger partial charge in [-0.15, -0.1) is 0 Å². The second kappa shape index (κ2) is 10.4. The summed E-state index contributed by atoms with van der Waals surface area (Å²) >= 11 is 0. The molecule has 0 atom stereocenters. The number of hydrogen-bond donors (Lipinski definition) is 0. The van der Waals surface area contributed by atoms with Crippen LogP contribution in [0.15, 0.2) is 36.7 Å². The first kappa shape index (κ1) is 19.7. The van der Waals surface area contributed by atoms with Gasteiger partial charge in [0.15, 0.2) is 13.2 Å². The minimum atomic E-state index is -2.45. The average molecular weight is 346 g/mol. The Kier molecular flexibility index (Phi) is 8.53. The molecule has 0 spiro atoms. The molecule has 4 nitrogen and oxygen atoms in total. The van der Waals surface area contributed by atoms with Crippen molar-refractivity contribution in [2.24, 2.45) is 0 Å². The van der Waals surface area contributed by atoms with Gasteiger partial charge in [-0.1, -0.05) is 12.1 Å². The maximum atomic E-state index is 11.7. The van der Waals surface area contributed by atoms with Crippen LogP contribution in [0.25, 0.3) is 0 Å². The molecule has 0 aliphatic carbocycles. The predicted octanol–water partition coefficient (Wildman–Crippen LogP) is 4.07. The van der Waals surface area contributed by atoms with Crippen LogP contribution in [-0.4, -0.2) is 36.0 Å². The normalized spacial score (nSPS) is 10.3. The summed E-state index contributed by atoms with van der Waals surface area (Å²) in [5, 5.41) is 0. The van der Waals surface area contributed by atoms with Crippen molar-refractivity contribution in [1.29, 1.82) is 0 Å². The molecule has 0 aliphatic rings. The number of rotatable bonds is 6. The Labute approximate surface area is 137 Å². The van der Waals surface area contributed by atoms with Gasteiger partial charge in [-0.3, -0.25) is 0 Å². The van der Waals surface area contributed by atoms with Crippen LogP contribution in [0.5, 0.6) is 11.8 Å². The number of halogens is 4. The second-order valence-electron chi connectivity index (χ2n) is 4.66.